The van der Waals surface area contributed by atoms with Gasteiger partial charge < -0.3 is 20.1 Å². The van der Waals surface area contributed by atoms with Crippen molar-refractivity contribution in [3.63, 3.8) is 0 Å². The first-order valence-corrected chi connectivity index (χ1v) is 8.72. The molecule has 0 aromatic heterocycles. The Bertz CT molecular complexity index is 630. The van der Waals surface area contributed by atoms with E-state index in [9.17, 15) is 14.7 Å². The monoisotopic (exact) mass is 368 g/mol. The fourth-order valence-electron chi connectivity index (χ4n) is 2.83. The molecule has 1 aromatic rings. The molecule has 0 bridgehead atoms. The SMILES string of the molecule is CC(C)(C)OC(=O)N1CC[C@H](NCc2cccc(Cl)c2)[C@@H](C(=O)O)C1. The number of carbonyl (C=O) groups is 2. The van der Waals surface area contributed by atoms with E-state index in [1.807, 2.05) is 18.2 Å². The third kappa shape index (κ3) is 5.90. The number of carbonyl (C=O) groups excluding carboxylic acids is 1. The van der Waals surface area contributed by atoms with Gasteiger partial charge >= 0.3 is 12.1 Å². The smallest absolute Gasteiger partial charge is 0.410 e. The fraction of sp³-hybridized carbons (Fsp3) is 0.556. The molecule has 1 saturated heterocycles. The molecule has 6 nitrogen and oxygen atoms in total. The van der Waals surface area contributed by atoms with Crippen molar-refractivity contribution in [2.24, 2.45) is 5.92 Å². The van der Waals surface area contributed by atoms with Gasteiger partial charge in [-0.2, -0.15) is 0 Å². The van der Waals surface area contributed by atoms with E-state index < -0.39 is 23.6 Å². The molecule has 7 heteroatoms. The van der Waals surface area contributed by atoms with Crippen molar-refractivity contribution in [1.29, 1.82) is 0 Å². The molecule has 2 rings (SSSR count). The van der Waals surface area contributed by atoms with Crippen molar-refractivity contribution in [2.75, 3.05) is 13.1 Å². The molecular weight excluding hydrogens is 344 g/mol. The van der Waals surface area contributed by atoms with Gasteiger partial charge in [0, 0.05) is 30.7 Å². The average molecular weight is 369 g/mol. The minimum atomic E-state index is -0.920. The molecule has 1 heterocycles. The first-order valence-electron chi connectivity index (χ1n) is 8.34. The quantitative estimate of drug-likeness (QED) is 0.853. The van der Waals surface area contributed by atoms with Crippen LogP contribution in [-0.4, -0.2) is 46.8 Å². The summed E-state index contributed by atoms with van der Waals surface area (Å²) < 4.78 is 5.34. The maximum atomic E-state index is 12.2. The van der Waals surface area contributed by atoms with Gasteiger partial charge in [0.25, 0.3) is 0 Å². The van der Waals surface area contributed by atoms with Crippen molar-refractivity contribution in [3.05, 3.63) is 34.9 Å². The Labute approximate surface area is 153 Å². The number of rotatable bonds is 4. The fourth-order valence-corrected chi connectivity index (χ4v) is 3.05. The summed E-state index contributed by atoms with van der Waals surface area (Å²) in [6.45, 7) is 6.50. The summed E-state index contributed by atoms with van der Waals surface area (Å²) in [7, 11) is 0. The van der Waals surface area contributed by atoms with Crippen molar-refractivity contribution >= 4 is 23.7 Å². The van der Waals surface area contributed by atoms with Crippen LogP contribution in [0.25, 0.3) is 0 Å². The summed E-state index contributed by atoms with van der Waals surface area (Å²) >= 11 is 5.97. The van der Waals surface area contributed by atoms with E-state index in [0.29, 0.717) is 24.5 Å². The standard InChI is InChI=1S/C18H25ClN2O4/c1-18(2,3)25-17(24)21-8-7-15(14(11-21)16(22)23)20-10-12-5-4-6-13(19)9-12/h4-6,9,14-15,20H,7-8,10-11H2,1-3H3,(H,22,23)/t14-,15-/m0/s1. The van der Waals surface area contributed by atoms with Crippen molar-refractivity contribution < 1.29 is 19.4 Å². The highest BCUT2D eigenvalue weighted by molar-refractivity contribution is 6.30. The first-order chi connectivity index (χ1) is 11.7. The highest BCUT2D eigenvalue weighted by atomic mass is 35.5. The van der Waals surface area contributed by atoms with Gasteiger partial charge in [0.15, 0.2) is 0 Å². The minimum absolute atomic E-state index is 0.136. The maximum Gasteiger partial charge on any atom is 0.410 e. The lowest BCUT2D eigenvalue weighted by Gasteiger charge is -2.37. The molecular formula is C18H25ClN2O4. The largest absolute Gasteiger partial charge is 0.481 e. The second-order valence-corrected chi connectivity index (χ2v) is 7.71. The number of nitrogens with one attached hydrogen (secondary N) is 1. The van der Waals surface area contributed by atoms with E-state index in [-0.39, 0.29) is 12.6 Å². The van der Waals surface area contributed by atoms with Crippen LogP contribution >= 0.6 is 11.6 Å². The van der Waals surface area contributed by atoms with E-state index >= 15 is 0 Å². The Hall–Kier alpha value is -1.79. The zero-order valence-corrected chi connectivity index (χ0v) is 15.5. The van der Waals surface area contributed by atoms with Crippen molar-refractivity contribution in [3.8, 4) is 0 Å². The van der Waals surface area contributed by atoms with Gasteiger partial charge in [-0.05, 0) is 44.9 Å². The second-order valence-electron chi connectivity index (χ2n) is 7.28. The normalized spacial score (nSPS) is 21.0. The number of hydrogen-bond donors (Lipinski definition) is 2. The molecule has 1 aliphatic heterocycles. The topological polar surface area (TPSA) is 78.9 Å². The van der Waals surface area contributed by atoms with Gasteiger partial charge in [-0.3, -0.25) is 4.79 Å². The number of piperidine rings is 1. The number of amides is 1. The molecule has 0 radical (unpaired) electrons. The van der Waals surface area contributed by atoms with Crippen LogP contribution in [0.2, 0.25) is 5.02 Å². The summed E-state index contributed by atoms with van der Waals surface area (Å²) in [6, 6.07) is 7.23. The van der Waals surface area contributed by atoms with E-state index in [1.54, 1.807) is 26.8 Å². The molecule has 1 amide bonds. The Balaban J connectivity index is 1.97. The lowest BCUT2D eigenvalue weighted by molar-refractivity contribution is -0.144. The Morgan fingerprint density at radius 3 is 2.72 bits per heavy atom. The Morgan fingerprint density at radius 1 is 1.40 bits per heavy atom. The van der Waals surface area contributed by atoms with Gasteiger partial charge in [-0.25, -0.2) is 4.79 Å². The van der Waals surface area contributed by atoms with Gasteiger partial charge in [-0.15, -0.1) is 0 Å². The molecule has 1 fully saturated rings. The summed E-state index contributed by atoms with van der Waals surface area (Å²) in [5.74, 6) is -1.60. The summed E-state index contributed by atoms with van der Waals surface area (Å²) in [6.07, 6.45) is 0.0867. The number of halogens is 1. The van der Waals surface area contributed by atoms with Crippen LogP contribution < -0.4 is 5.32 Å². The van der Waals surface area contributed by atoms with E-state index in [0.717, 1.165) is 5.56 Å². The average Bonchev–Trinajstić information content (AvgIpc) is 2.51. The number of nitrogens with zero attached hydrogens (tertiary/aromatic N) is 1. The van der Waals surface area contributed by atoms with Crippen LogP contribution in [0.5, 0.6) is 0 Å². The highest BCUT2D eigenvalue weighted by Crippen LogP contribution is 2.21. The molecule has 0 saturated carbocycles. The number of hydrogen-bond acceptors (Lipinski definition) is 4. The third-order valence-electron chi connectivity index (χ3n) is 4.04. The van der Waals surface area contributed by atoms with Crippen LogP contribution in [-0.2, 0) is 16.1 Å². The molecule has 25 heavy (non-hydrogen) atoms. The van der Waals surface area contributed by atoms with Crippen LogP contribution in [0.3, 0.4) is 0 Å². The molecule has 0 spiro atoms. The third-order valence-corrected chi connectivity index (χ3v) is 4.27. The van der Waals surface area contributed by atoms with Crippen LogP contribution in [0, 0.1) is 5.92 Å². The van der Waals surface area contributed by atoms with E-state index in [1.165, 1.54) is 4.90 Å². The van der Waals surface area contributed by atoms with Crippen LogP contribution in [0.15, 0.2) is 24.3 Å². The number of likely N-dealkylation sites (tertiary alicyclic amines) is 1. The van der Waals surface area contributed by atoms with Gasteiger partial charge in [0.1, 0.15) is 5.60 Å². The molecule has 0 unspecified atom stereocenters. The lowest BCUT2D eigenvalue weighted by atomic mass is 9.92. The molecule has 2 N–H and O–H groups in total. The zero-order valence-electron chi connectivity index (χ0n) is 14.8. The number of benzene rings is 1. The van der Waals surface area contributed by atoms with Crippen LogP contribution in [0.1, 0.15) is 32.8 Å². The summed E-state index contributed by atoms with van der Waals surface area (Å²) in [4.78, 5) is 25.3. The highest BCUT2D eigenvalue weighted by Gasteiger charge is 2.37. The number of ether oxygens (including phenoxy) is 1. The van der Waals surface area contributed by atoms with Crippen LogP contribution in [0.4, 0.5) is 4.79 Å². The van der Waals surface area contributed by atoms with E-state index in [4.69, 9.17) is 16.3 Å². The molecule has 138 valence electrons. The molecule has 1 aromatic carbocycles. The van der Waals surface area contributed by atoms with Gasteiger partial charge in [0.05, 0.1) is 5.92 Å². The van der Waals surface area contributed by atoms with Gasteiger partial charge in [0.2, 0.25) is 0 Å². The second kappa shape index (κ2) is 8.06. The number of aliphatic carboxylic acids is 1. The predicted octanol–water partition coefficient (Wildman–Crippen LogP) is 3.14. The van der Waals surface area contributed by atoms with Gasteiger partial charge in [-0.1, -0.05) is 23.7 Å². The first kappa shape index (κ1) is 19.5. The van der Waals surface area contributed by atoms with Crippen molar-refractivity contribution in [2.45, 2.75) is 45.4 Å². The Kier molecular flexibility index (Phi) is 6.30. The molecule has 1 aliphatic rings. The summed E-state index contributed by atoms with van der Waals surface area (Å²) in [5, 5.41) is 13.5. The number of carboxylic acid groups (broad SMARTS) is 1. The summed E-state index contributed by atoms with van der Waals surface area (Å²) in [5.41, 5.74) is 0.392. The zero-order chi connectivity index (χ0) is 18.6. The van der Waals surface area contributed by atoms with E-state index in [2.05, 4.69) is 5.32 Å². The molecule has 2 atom stereocenters. The lowest BCUT2D eigenvalue weighted by Crippen LogP contribution is -2.54. The maximum absolute atomic E-state index is 12.2. The predicted molar refractivity (Wildman–Crippen MR) is 95.6 cm³/mol. The number of carboxylic acids is 1. The molecule has 0 aliphatic carbocycles. The minimum Gasteiger partial charge on any atom is -0.481 e. The Morgan fingerprint density at radius 2 is 2.12 bits per heavy atom. The van der Waals surface area contributed by atoms with Crippen molar-refractivity contribution in [1.82, 2.24) is 10.2 Å².